The first-order chi connectivity index (χ1) is 8.09. The number of fused-ring (bicyclic) bond motifs is 1. The van der Waals surface area contributed by atoms with Gasteiger partial charge in [0.1, 0.15) is 12.9 Å². The van der Waals surface area contributed by atoms with Crippen molar-refractivity contribution in [3.05, 3.63) is 18.7 Å². The van der Waals surface area contributed by atoms with Crippen molar-refractivity contribution in [1.29, 1.82) is 0 Å². The highest BCUT2D eigenvalue weighted by atomic mass is 16.4. The summed E-state index contributed by atoms with van der Waals surface area (Å²) in [6.45, 7) is 3.70. The smallest absolute Gasteiger partial charge is 0.323 e. The Morgan fingerprint density at radius 1 is 1.59 bits per heavy atom. The zero-order chi connectivity index (χ0) is 12.4. The lowest BCUT2D eigenvalue weighted by molar-refractivity contribution is -0.135. The van der Waals surface area contributed by atoms with E-state index in [4.69, 9.17) is 5.11 Å². The van der Waals surface area contributed by atoms with Crippen LogP contribution in [0.4, 0.5) is 5.82 Å². The van der Waals surface area contributed by atoms with E-state index in [2.05, 4.69) is 15.2 Å². The van der Waals surface area contributed by atoms with E-state index in [1.54, 1.807) is 28.0 Å². The van der Waals surface area contributed by atoms with Gasteiger partial charge < -0.3 is 10.0 Å². The minimum atomic E-state index is -0.901. The fourth-order valence-corrected chi connectivity index (χ4v) is 1.60. The average Bonchev–Trinajstić information content (AvgIpc) is 2.73. The van der Waals surface area contributed by atoms with Crippen molar-refractivity contribution < 1.29 is 9.90 Å². The fourth-order valence-electron chi connectivity index (χ4n) is 1.60. The van der Waals surface area contributed by atoms with Crippen molar-refractivity contribution in [1.82, 2.24) is 19.6 Å². The molecule has 2 rings (SSSR count). The van der Waals surface area contributed by atoms with E-state index in [1.807, 2.05) is 13.8 Å². The molecule has 0 amide bonds. The molecular formula is C10H13N5O2. The van der Waals surface area contributed by atoms with Gasteiger partial charge in [-0.3, -0.25) is 9.20 Å². The maximum atomic E-state index is 10.8. The van der Waals surface area contributed by atoms with Crippen molar-refractivity contribution in [2.24, 2.45) is 0 Å². The Morgan fingerprint density at radius 3 is 3.00 bits per heavy atom. The normalized spacial score (nSPS) is 11.0. The Kier molecular flexibility index (Phi) is 2.90. The van der Waals surface area contributed by atoms with Crippen LogP contribution >= 0.6 is 0 Å². The number of carbonyl (C=O) groups is 1. The molecule has 7 nitrogen and oxygen atoms in total. The summed E-state index contributed by atoms with van der Waals surface area (Å²) in [6.07, 6.45) is 4.88. The molecule has 0 aliphatic rings. The maximum Gasteiger partial charge on any atom is 0.323 e. The maximum absolute atomic E-state index is 10.8. The Hall–Kier alpha value is -2.18. The molecule has 0 spiro atoms. The molecule has 2 aromatic rings. The summed E-state index contributed by atoms with van der Waals surface area (Å²) in [5, 5.41) is 16.6. The van der Waals surface area contributed by atoms with Crippen molar-refractivity contribution >= 4 is 17.4 Å². The molecule has 0 saturated carbocycles. The van der Waals surface area contributed by atoms with Gasteiger partial charge in [0.15, 0.2) is 5.82 Å². The first-order valence-corrected chi connectivity index (χ1v) is 5.22. The number of carboxylic acids is 1. The molecule has 0 saturated heterocycles. The van der Waals surface area contributed by atoms with Gasteiger partial charge in [-0.1, -0.05) is 0 Å². The van der Waals surface area contributed by atoms with E-state index in [9.17, 15) is 4.79 Å². The van der Waals surface area contributed by atoms with Crippen LogP contribution in [0, 0.1) is 0 Å². The summed E-state index contributed by atoms with van der Waals surface area (Å²) in [7, 11) is 0. The summed E-state index contributed by atoms with van der Waals surface area (Å²) in [5.74, 6) is -0.371. The largest absolute Gasteiger partial charge is 0.480 e. The number of rotatable bonds is 4. The molecule has 0 atom stereocenters. The van der Waals surface area contributed by atoms with Crippen LogP contribution in [-0.2, 0) is 4.79 Å². The van der Waals surface area contributed by atoms with Crippen LogP contribution in [0.5, 0.6) is 0 Å². The van der Waals surface area contributed by atoms with Gasteiger partial charge in [-0.05, 0) is 13.8 Å². The van der Waals surface area contributed by atoms with E-state index in [0.29, 0.717) is 11.5 Å². The Morgan fingerprint density at radius 2 is 2.35 bits per heavy atom. The predicted molar refractivity (Wildman–Crippen MR) is 60.9 cm³/mol. The second kappa shape index (κ2) is 4.36. The molecule has 0 fully saturated rings. The van der Waals surface area contributed by atoms with Crippen LogP contribution in [0.15, 0.2) is 18.7 Å². The SMILES string of the molecule is CC(C)N(CC(=O)O)c1nccn2cnnc12. The molecule has 0 bridgehead atoms. The summed E-state index contributed by atoms with van der Waals surface area (Å²) in [5.41, 5.74) is 0.558. The highest BCUT2D eigenvalue weighted by molar-refractivity contribution is 5.76. The van der Waals surface area contributed by atoms with Gasteiger partial charge in [0.25, 0.3) is 0 Å². The van der Waals surface area contributed by atoms with Gasteiger partial charge >= 0.3 is 5.97 Å². The van der Waals surface area contributed by atoms with Gasteiger partial charge in [-0.2, -0.15) is 0 Å². The monoisotopic (exact) mass is 235 g/mol. The van der Waals surface area contributed by atoms with E-state index in [-0.39, 0.29) is 12.6 Å². The second-order valence-corrected chi connectivity index (χ2v) is 3.93. The molecule has 0 unspecified atom stereocenters. The van der Waals surface area contributed by atoms with Crippen LogP contribution in [0.2, 0.25) is 0 Å². The quantitative estimate of drug-likeness (QED) is 0.827. The highest BCUT2D eigenvalue weighted by Gasteiger charge is 2.19. The molecular weight excluding hydrogens is 222 g/mol. The van der Waals surface area contributed by atoms with Gasteiger partial charge in [-0.15, -0.1) is 10.2 Å². The predicted octanol–water partition coefficient (Wildman–Crippen LogP) is 0.424. The topological polar surface area (TPSA) is 83.6 Å². The minimum absolute atomic E-state index is 0.0153. The van der Waals surface area contributed by atoms with Gasteiger partial charge in [0.05, 0.1) is 0 Å². The van der Waals surface area contributed by atoms with Crippen molar-refractivity contribution in [3.63, 3.8) is 0 Å². The first-order valence-electron chi connectivity index (χ1n) is 5.22. The number of aliphatic carboxylic acids is 1. The number of hydrogen-bond donors (Lipinski definition) is 1. The number of hydrogen-bond acceptors (Lipinski definition) is 5. The summed E-state index contributed by atoms with van der Waals surface area (Å²) >= 11 is 0. The van der Waals surface area contributed by atoms with Crippen LogP contribution in [-0.4, -0.2) is 43.2 Å². The Balaban J connectivity index is 2.48. The standard InChI is InChI=1S/C10H13N5O2/c1-7(2)15(5-8(16)17)9-10-13-12-6-14(10)4-3-11-9/h3-4,6-7H,5H2,1-2H3,(H,16,17). The van der Waals surface area contributed by atoms with Crippen LogP contribution in [0.3, 0.4) is 0 Å². The molecule has 1 N–H and O–H groups in total. The minimum Gasteiger partial charge on any atom is -0.480 e. The van der Waals surface area contributed by atoms with Crippen molar-refractivity contribution in [2.75, 3.05) is 11.4 Å². The van der Waals surface area contributed by atoms with Gasteiger partial charge in [0.2, 0.25) is 5.65 Å². The third-order valence-electron chi connectivity index (χ3n) is 2.40. The number of anilines is 1. The molecule has 0 aliphatic heterocycles. The molecule has 2 heterocycles. The number of carboxylic acid groups (broad SMARTS) is 1. The lowest BCUT2D eigenvalue weighted by Gasteiger charge is -2.25. The number of nitrogens with zero attached hydrogens (tertiary/aromatic N) is 5. The molecule has 2 aromatic heterocycles. The van der Waals surface area contributed by atoms with Gasteiger partial charge in [-0.25, -0.2) is 4.98 Å². The van der Waals surface area contributed by atoms with Gasteiger partial charge in [0, 0.05) is 18.4 Å². The van der Waals surface area contributed by atoms with E-state index in [1.165, 1.54) is 0 Å². The lowest BCUT2D eigenvalue weighted by atomic mass is 10.3. The summed E-state index contributed by atoms with van der Waals surface area (Å²) in [4.78, 5) is 16.7. The van der Waals surface area contributed by atoms with E-state index in [0.717, 1.165) is 0 Å². The highest BCUT2D eigenvalue weighted by Crippen LogP contribution is 2.18. The van der Waals surface area contributed by atoms with Crippen LogP contribution < -0.4 is 4.90 Å². The average molecular weight is 235 g/mol. The summed E-state index contributed by atoms with van der Waals surface area (Å²) < 4.78 is 1.71. The van der Waals surface area contributed by atoms with Crippen molar-refractivity contribution in [2.45, 2.75) is 19.9 Å². The van der Waals surface area contributed by atoms with Crippen LogP contribution in [0.1, 0.15) is 13.8 Å². The summed E-state index contributed by atoms with van der Waals surface area (Å²) in [6, 6.07) is 0.0153. The number of aromatic nitrogens is 4. The zero-order valence-corrected chi connectivity index (χ0v) is 9.61. The molecule has 0 radical (unpaired) electrons. The molecule has 0 aromatic carbocycles. The zero-order valence-electron chi connectivity index (χ0n) is 9.61. The van der Waals surface area contributed by atoms with E-state index >= 15 is 0 Å². The first kappa shape index (κ1) is 11.3. The second-order valence-electron chi connectivity index (χ2n) is 3.93. The third kappa shape index (κ3) is 2.17. The molecule has 90 valence electrons. The molecule has 17 heavy (non-hydrogen) atoms. The Bertz CT molecular complexity index is 536. The fraction of sp³-hybridized carbons (Fsp3) is 0.400. The van der Waals surface area contributed by atoms with E-state index < -0.39 is 5.97 Å². The third-order valence-corrected chi connectivity index (χ3v) is 2.40. The molecule has 7 heteroatoms. The Labute approximate surface area is 97.7 Å². The van der Waals surface area contributed by atoms with Crippen molar-refractivity contribution in [3.8, 4) is 0 Å². The molecule has 0 aliphatic carbocycles. The lowest BCUT2D eigenvalue weighted by Crippen LogP contribution is -2.36. The van der Waals surface area contributed by atoms with Crippen LogP contribution in [0.25, 0.3) is 5.65 Å².